The standard InChI is InChI=1S/C15H9ClF6N4S2/c1-5(28-13-25-9(15(20,21)22)3-10(23)26-13)8-2-6-7(14(17,18)19)4-27-11(6)12(16)24-8/h2-5H,1H3,(H2,23,25,26). The maximum absolute atomic E-state index is 13.2. The molecule has 0 saturated heterocycles. The lowest BCUT2D eigenvalue weighted by molar-refractivity contribution is -0.141. The molecule has 28 heavy (non-hydrogen) atoms. The molecule has 4 nitrogen and oxygen atoms in total. The Morgan fingerprint density at radius 2 is 1.75 bits per heavy atom. The van der Waals surface area contributed by atoms with Gasteiger partial charge in [0.2, 0.25) is 0 Å². The second-order valence-corrected chi connectivity index (χ2v) is 8.13. The zero-order valence-electron chi connectivity index (χ0n) is 13.7. The number of nitrogen functional groups attached to an aromatic ring is 1. The van der Waals surface area contributed by atoms with Crippen LogP contribution in [0.25, 0.3) is 10.1 Å². The zero-order chi connectivity index (χ0) is 20.9. The molecule has 3 heterocycles. The molecule has 0 amide bonds. The van der Waals surface area contributed by atoms with Gasteiger partial charge in [-0.1, -0.05) is 23.4 Å². The van der Waals surface area contributed by atoms with Gasteiger partial charge in [-0.3, -0.25) is 0 Å². The van der Waals surface area contributed by atoms with Crippen molar-refractivity contribution in [3.05, 3.63) is 39.6 Å². The molecule has 150 valence electrons. The van der Waals surface area contributed by atoms with E-state index in [4.69, 9.17) is 17.3 Å². The van der Waals surface area contributed by atoms with Crippen LogP contribution >= 0.6 is 34.7 Å². The van der Waals surface area contributed by atoms with Crippen LogP contribution in [0, 0.1) is 0 Å². The van der Waals surface area contributed by atoms with Gasteiger partial charge in [-0.15, -0.1) is 11.3 Å². The highest BCUT2D eigenvalue weighted by atomic mass is 35.5. The minimum absolute atomic E-state index is 0.120. The van der Waals surface area contributed by atoms with Gasteiger partial charge in [0.25, 0.3) is 0 Å². The van der Waals surface area contributed by atoms with Crippen molar-refractivity contribution in [2.75, 3.05) is 5.73 Å². The molecule has 0 aliphatic carbocycles. The Hall–Kier alpha value is -1.79. The molecule has 0 fully saturated rings. The summed E-state index contributed by atoms with van der Waals surface area (Å²) >= 11 is 7.59. The summed E-state index contributed by atoms with van der Waals surface area (Å²) in [5.41, 5.74) is 3.48. The summed E-state index contributed by atoms with van der Waals surface area (Å²) < 4.78 is 78.3. The van der Waals surface area contributed by atoms with Crippen LogP contribution in [0.15, 0.2) is 22.7 Å². The normalized spacial score (nSPS) is 13.9. The van der Waals surface area contributed by atoms with Crippen molar-refractivity contribution in [2.45, 2.75) is 29.7 Å². The number of aromatic nitrogens is 3. The first-order valence-corrected chi connectivity index (χ1v) is 9.53. The van der Waals surface area contributed by atoms with E-state index in [-0.39, 0.29) is 31.9 Å². The number of rotatable bonds is 3. The van der Waals surface area contributed by atoms with Crippen molar-refractivity contribution in [3.8, 4) is 0 Å². The number of thiophene rings is 1. The first kappa shape index (κ1) is 20.9. The van der Waals surface area contributed by atoms with Crippen LogP contribution in [-0.2, 0) is 12.4 Å². The van der Waals surface area contributed by atoms with Crippen LogP contribution in [0.3, 0.4) is 0 Å². The molecule has 3 aromatic rings. The van der Waals surface area contributed by atoms with Gasteiger partial charge >= 0.3 is 12.4 Å². The van der Waals surface area contributed by atoms with Crippen molar-refractivity contribution in [1.82, 2.24) is 15.0 Å². The lowest BCUT2D eigenvalue weighted by Crippen LogP contribution is -2.11. The molecule has 3 aromatic heterocycles. The van der Waals surface area contributed by atoms with E-state index in [0.717, 1.165) is 28.5 Å². The van der Waals surface area contributed by atoms with Gasteiger partial charge in [0, 0.05) is 16.8 Å². The average Bonchev–Trinajstić information content (AvgIpc) is 2.98. The van der Waals surface area contributed by atoms with Gasteiger partial charge in [0.15, 0.2) is 10.9 Å². The Balaban J connectivity index is 1.98. The number of fused-ring (bicyclic) bond motifs is 1. The number of hydrogen-bond acceptors (Lipinski definition) is 6. The SMILES string of the molecule is CC(Sc1nc(N)cc(C(F)(F)F)n1)c1cc2c(C(F)(F)F)csc2c(Cl)n1. The third kappa shape index (κ3) is 4.28. The molecule has 1 unspecified atom stereocenters. The van der Waals surface area contributed by atoms with E-state index in [0.29, 0.717) is 6.07 Å². The predicted octanol–water partition coefficient (Wildman–Crippen LogP) is 6.21. The van der Waals surface area contributed by atoms with Gasteiger partial charge in [-0.25, -0.2) is 15.0 Å². The second kappa shape index (κ2) is 7.23. The zero-order valence-corrected chi connectivity index (χ0v) is 16.1. The summed E-state index contributed by atoms with van der Waals surface area (Å²) in [6, 6.07) is 1.81. The molecule has 0 bridgehead atoms. The third-order valence-corrected chi connectivity index (χ3v) is 5.93. The number of pyridine rings is 1. The Labute approximate surface area is 167 Å². The lowest BCUT2D eigenvalue weighted by Gasteiger charge is -2.13. The summed E-state index contributed by atoms with van der Waals surface area (Å²) in [6.07, 6.45) is -9.29. The lowest BCUT2D eigenvalue weighted by atomic mass is 10.1. The molecule has 0 radical (unpaired) electrons. The number of nitrogens with two attached hydrogens (primary N) is 1. The van der Waals surface area contributed by atoms with E-state index >= 15 is 0 Å². The van der Waals surface area contributed by atoms with Crippen molar-refractivity contribution in [2.24, 2.45) is 0 Å². The Morgan fingerprint density at radius 1 is 1.07 bits per heavy atom. The van der Waals surface area contributed by atoms with E-state index in [2.05, 4.69) is 15.0 Å². The molecule has 1 atom stereocenters. The molecule has 3 rings (SSSR count). The van der Waals surface area contributed by atoms with Gasteiger partial charge in [-0.2, -0.15) is 26.3 Å². The molecule has 2 N–H and O–H groups in total. The van der Waals surface area contributed by atoms with Crippen LogP contribution in [-0.4, -0.2) is 15.0 Å². The topological polar surface area (TPSA) is 64.7 Å². The first-order chi connectivity index (χ1) is 12.9. The fraction of sp³-hybridized carbons (Fsp3) is 0.267. The number of thioether (sulfide) groups is 1. The molecule has 0 saturated carbocycles. The van der Waals surface area contributed by atoms with Gasteiger partial charge < -0.3 is 5.73 Å². The van der Waals surface area contributed by atoms with Gasteiger partial charge in [-0.05, 0) is 13.0 Å². The Bertz CT molecular complexity index is 1030. The highest BCUT2D eigenvalue weighted by molar-refractivity contribution is 7.99. The van der Waals surface area contributed by atoms with E-state index in [1.165, 1.54) is 13.0 Å². The number of nitrogens with zero attached hydrogens (tertiary/aromatic N) is 3. The Kier molecular flexibility index (Phi) is 5.40. The van der Waals surface area contributed by atoms with Crippen LogP contribution in [0.4, 0.5) is 32.2 Å². The summed E-state index contributed by atoms with van der Waals surface area (Å²) in [6.45, 7) is 1.54. The molecule has 0 aromatic carbocycles. The average molecular weight is 459 g/mol. The monoisotopic (exact) mass is 458 g/mol. The number of hydrogen-bond donors (Lipinski definition) is 1. The summed E-state index contributed by atoms with van der Waals surface area (Å²) in [4.78, 5) is 11.2. The van der Waals surface area contributed by atoms with E-state index in [1.807, 2.05) is 0 Å². The summed E-state index contributed by atoms with van der Waals surface area (Å²) in [5, 5.41) is -0.268. The van der Waals surface area contributed by atoms with Crippen LogP contribution in [0.1, 0.15) is 29.1 Å². The maximum atomic E-state index is 13.2. The van der Waals surface area contributed by atoms with Gasteiger partial charge in [0.1, 0.15) is 11.0 Å². The molecular formula is C15H9ClF6N4S2. The number of anilines is 1. The molecule has 0 aliphatic rings. The van der Waals surface area contributed by atoms with E-state index in [9.17, 15) is 26.3 Å². The van der Waals surface area contributed by atoms with Crippen LogP contribution in [0.5, 0.6) is 0 Å². The van der Waals surface area contributed by atoms with Crippen LogP contribution < -0.4 is 5.73 Å². The van der Waals surface area contributed by atoms with Crippen molar-refractivity contribution < 1.29 is 26.3 Å². The quantitative estimate of drug-likeness (QED) is 0.219. The van der Waals surface area contributed by atoms with E-state index in [1.54, 1.807) is 0 Å². The smallest absolute Gasteiger partial charge is 0.384 e. The Morgan fingerprint density at radius 3 is 2.36 bits per heavy atom. The third-order valence-electron chi connectivity index (χ3n) is 3.56. The minimum Gasteiger partial charge on any atom is -0.384 e. The largest absolute Gasteiger partial charge is 0.433 e. The number of halogens is 7. The van der Waals surface area contributed by atoms with Crippen molar-refractivity contribution in [3.63, 3.8) is 0 Å². The summed E-state index contributed by atoms with van der Waals surface area (Å²) in [5.74, 6) is -0.379. The fourth-order valence-corrected chi connectivity index (χ4v) is 4.44. The molecule has 0 spiro atoms. The fourth-order valence-electron chi connectivity index (χ4n) is 2.30. The molecule has 0 aliphatic heterocycles. The number of alkyl halides is 6. The van der Waals surface area contributed by atoms with E-state index < -0.39 is 28.9 Å². The van der Waals surface area contributed by atoms with Crippen LogP contribution in [0.2, 0.25) is 5.15 Å². The maximum Gasteiger partial charge on any atom is 0.433 e. The highest BCUT2D eigenvalue weighted by Crippen LogP contribution is 2.43. The second-order valence-electron chi connectivity index (χ2n) is 5.58. The minimum atomic E-state index is -4.71. The molecular weight excluding hydrogens is 450 g/mol. The first-order valence-electron chi connectivity index (χ1n) is 7.39. The van der Waals surface area contributed by atoms with Crippen molar-refractivity contribution in [1.29, 1.82) is 0 Å². The van der Waals surface area contributed by atoms with Gasteiger partial charge in [0.05, 0.1) is 21.2 Å². The molecule has 13 heteroatoms. The summed E-state index contributed by atoms with van der Waals surface area (Å²) in [7, 11) is 0. The highest BCUT2D eigenvalue weighted by Gasteiger charge is 2.35. The van der Waals surface area contributed by atoms with Crippen molar-refractivity contribution >= 4 is 50.6 Å². The predicted molar refractivity (Wildman–Crippen MR) is 95.4 cm³/mol.